The standard InChI is InChI=1S/C23H28N2O4/c1-16(2)15-29-14-6-12-24-20(26)11-5-13-25-22(27)18-9-3-7-17-8-4-10-19(21(17)18)23(25)28/h3-4,7-10,16H,5-6,11-15H2,1-2H3,(H,24,26). The van der Waals surface area contributed by atoms with Gasteiger partial charge in [-0.3, -0.25) is 19.3 Å². The number of hydrogen-bond donors (Lipinski definition) is 1. The lowest BCUT2D eigenvalue weighted by molar-refractivity contribution is -0.121. The predicted molar refractivity (Wildman–Crippen MR) is 112 cm³/mol. The van der Waals surface area contributed by atoms with Gasteiger partial charge in [0.2, 0.25) is 5.91 Å². The molecule has 1 aliphatic heterocycles. The van der Waals surface area contributed by atoms with Gasteiger partial charge in [0, 0.05) is 49.2 Å². The lowest BCUT2D eigenvalue weighted by Gasteiger charge is -2.27. The topological polar surface area (TPSA) is 75.7 Å². The maximum atomic E-state index is 12.8. The van der Waals surface area contributed by atoms with Crippen molar-refractivity contribution in [3.63, 3.8) is 0 Å². The van der Waals surface area contributed by atoms with Gasteiger partial charge in [-0.25, -0.2) is 0 Å². The summed E-state index contributed by atoms with van der Waals surface area (Å²) in [4.78, 5) is 38.9. The van der Waals surface area contributed by atoms with Gasteiger partial charge in [-0.1, -0.05) is 38.1 Å². The van der Waals surface area contributed by atoms with Crippen molar-refractivity contribution >= 4 is 28.5 Å². The summed E-state index contributed by atoms with van der Waals surface area (Å²) in [6.45, 7) is 6.33. The highest BCUT2D eigenvalue weighted by atomic mass is 16.5. The Bertz CT molecular complexity index is 856. The van der Waals surface area contributed by atoms with E-state index in [-0.39, 0.29) is 30.7 Å². The minimum absolute atomic E-state index is 0.0757. The number of rotatable bonds is 10. The van der Waals surface area contributed by atoms with Gasteiger partial charge in [0.05, 0.1) is 0 Å². The number of nitrogens with zero attached hydrogens (tertiary/aromatic N) is 1. The monoisotopic (exact) mass is 396 g/mol. The molecule has 1 heterocycles. The summed E-state index contributed by atoms with van der Waals surface area (Å²) in [5, 5.41) is 4.46. The average molecular weight is 396 g/mol. The van der Waals surface area contributed by atoms with Gasteiger partial charge in [-0.05, 0) is 36.3 Å². The van der Waals surface area contributed by atoms with Crippen LogP contribution in [-0.4, -0.2) is 48.9 Å². The second-order valence-corrected chi connectivity index (χ2v) is 7.75. The molecule has 0 saturated heterocycles. The first-order valence-corrected chi connectivity index (χ1v) is 10.2. The van der Waals surface area contributed by atoms with E-state index in [1.54, 1.807) is 12.1 Å². The third kappa shape index (κ3) is 5.01. The van der Waals surface area contributed by atoms with E-state index in [0.29, 0.717) is 36.6 Å². The fraction of sp³-hybridized carbons (Fsp3) is 0.435. The molecule has 0 aliphatic carbocycles. The average Bonchev–Trinajstić information content (AvgIpc) is 2.71. The zero-order valence-electron chi connectivity index (χ0n) is 17.1. The fourth-order valence-electron chi connectivity index (χ4n) is 3.49. The molecule has 2 aromatic rings. The molecule has 29 heavy (non-hydrogen) atoms. The molecule has 0 fully saturated rings. The van der Waals surface area contributed by atoms with E-state index in [9.17, 15) is 14.4 Å². The number of benzene rings is 2. The Kier molecular flexibility index (Phi) is 6.99. The molecule has 1 N–H and O–H groups in total. The van der Waals surface area contributed by atoms with Crippen molar-refractivity contribution in [2.75, 3.05) is 26.3 Å². The molecule has 0 saturated carbocycles. The normalized spacial score (nSPS) is 13.4. The zero-order valence-corrected chi connectivity index (χ0v) is 17.1. The number of amides is 3. The van der Waals surface area contributed by atoms with Crippen LogP contribution in [0, 0.1) is 5.92 Å². The minimum Gasteiger partial charge on any atom is -0.381 e. The molecule has 6 nitrogen and oxygen atoms in total. The number of carbonyl (C=O) groups is 3. The van der Waals surface area contributed by atoms with E-state index >= 15 is 0 Å². The molecule has 2 aromatic carbocycles. The van der Waals surface area contributed by atoms with Crippen LogP contribution in [0.15, 0.2) is 36.4 Å². The van der Waals surface area contributed by atoms with E-state index in [4.69, 9.17) is 4.74 Å². The quantitative estimate of drug-likeness (QED) is 0.493. The molecule has 0 aromatic heterocycles. The highest BCUT2D eigenvalue weighted by Gasteiger charge is 2.32. The van der Waals surface area contributed by atoms with Gasteiger partial charge in [0.1, 0.15) is 0 Å². The smallest absolute Gasteiger partial charge is 0.261 e. The SMILES string of the molecule is CC(C)COCCCNC(=O)CCCN1C(=O)c2cccc3cccc(c23)C1=O. The highest BCUT2D eigenvalue weighted by molar-refractivity contribution is 6.25. The molecule has 3 rings (SSSR count). The number of nitrogens with one attached hydrogen (secondary N) is 1. The largest absolute Gasteiger partial charge is 0.381 e. The first-order valence-electron chi connectivity index (χ1n) is 10.2. The number of ether oxygens (including phenoxy) is 1. The maximum Gasteiger partial charge on any atom is 0.261 e. The molecule has 3 amide bonds. The number of carbonyl (C=O) groups excluding carboxylic acids is 3. The molecule has 0 atom stereocenters. The Labute approximate surface area is 171 Å². The first kappa shape index (κ1) is 21.0. The molecule has 0 unspecified atom stereocenters. The second kappa shape index (κ2) is 9.65. The summed E-state index contributed by atoms with van der Waals surface area (Å²) in [5.41, 5.74) is 1.09. The van der Waals surface area contributed by atoms with Gasteiger partial charge >= 0.3 is 0 Å². The van der Waals surface area contributed by atoms with Gasteiger partial charge in [-0.2, -0.15) is 0 Å². The van der Waals surface area contributed by atoms with Crippen LogP contribution < -0.4 is 5.32 Å². The van der Waals surface area contributed by atoms with E-state index in [2.05, 4.69) is 19.2 Å². The second-order valence-electron chi connectivity index (χ2n) is 7.75. The van der Waals surface area contributed by atoms with Crippen molar-refractivity contribution < 1.29 is 19.1 Å². The van der Waals surface area contributed by atoms with Crippen LogP contribution in [0.2, 0.25) is 0 Å². The van der Waals surface area contributed by atoms with Gasteiger partial charge in [0.25, 0.3) is 11.8 Å². The Morgan fingerprint density at radius 3 is 2.31 bits per heavy atom. The van der Waals surface area contributed by atoms with Crippen molar-refractivity contribution in [1.29, 1.82) is 0 Å². The third-order valence-electron chi connectivity index (χ3n) is 4.88. The Morgan fingerprint density at radius 2 is 1.69 bits per heavy atom. The third-order valence-corrected chi connectivity index (χ3v) is 4.88. The summed E-state index contributed by atoms with van der Waals surface area (Å²) in [7, 11) is 0. The van der Waals surface area contributed by atoms with E-state index in [0.717, 1.165) is 23.8 Å². The molecular weight excluding hydrogens is 368 g/mol. The summed E-state index contributed by atoms with van der Waals surface area (Å²) in [6, 6.07) is 11.0. The Balaban J connectivity index is 1.47. The van der Waals surface area contributed by atoms with Crippen molar-refractivity contribution in [3.05, 3.63) is 47.5 Å². The van der Waals surface area contributed by atoms with Crippen molar-refractivity contribution in [3.8, 4) is 0 Å². The molecule has 1 aliphatic rings. The minimum atomic E-state index is -0.290. The molecule has 0 bridgehead atoms. The van der Waals surface area contributed by atoms with Crippen LogP contribution in [0.25, 0.3) is 10.8 Å². The van der Waals surface area contributed by atoms with E-state index in [1.807, 2.05) is 24.3 Å². The lowest BCUT2D eigenvalue weighted by Crippen LogP contribution is -2.41. The van der Waals surface area contributed by atoms with Gasteiger partial charge < -0.3 is 10.1 Å². The summed E-state index contributed by atoms with van der Waals surface area (Å²) >= 11 is 0. The molecule has 154 valence electrons. The van der Waals surface area contributed by atoms with Crippen LogP contribution in [0.1, 0.15) is 53.8 Å². The summed E-state index contributed by atoms with van der Waals surface area (Å²) < 4.78 is 5.48. The van der Waals surface area contributed by atoms with Crippen molar-refractivity contribution in [2.24, 2.45) is 5.92 Å². The first-order chi connectivity index (χ1) is 14.0. The number of hydrogen-bond acceptors (Lipinski definition) is 4. The van der Waals surface area contributed by atoms with Crippen molar-refractivity contribution in [2.45, 2.75) is 33.1 Å². The van der Waals surface area contributed by atoms with Crippen LogP contribution in [0.3, 0.4) is 0 Å². The van der Waals surface area contributed by atoms with Crippen LogP contribution in [0.4, 0.5) is 0 Å². The maximum absolute atomic E-state index is 12.8. The van der Waals surface area contributed by atoms with E-state index in [1.165, 1.54) is 4.90 Å². The van der Waals surface area contributed by atoms with Crippen LogP contribution in [0.5, 0.6) is 0 Å². The van der Waals surface area contributed by atoms with Crippen LogP contribution in [-0.2, 0) is 9.53 Å². The fourth-order valence-corrected chi connectivity index (χ4v) is 3.49. The van der Waals surface area contributed by atoms with E-state index < -0.39 is 0 Å². The van der Waals surface area contributed by atoms with Crippen molar-refractivity contribution in [1.82, 2.24) is 10.2 Å². The highest BCUT2D eigenvalue weighted by Crippen LogP contribution is 2.29. The van der Waals surface area contributed by atoms with Gasteiger partial charge in [0.15, 0.2) is 0 Å². The zero-order chi connectivity index (χ0) is 20.8. The molecule has 6 heteroatoms. The molecule has 0 spiro atoms. The summed E-state index contributed by atoms with van der Waals surface area (Å²) in [6.07, 6.45) is 1.48. The molecular formula is C23H28N2O4. The lowest BCUT2D eigenvalue weighted by atomic mass is 9.94. The predicted octanol–water partition coefficient (Wildman–Crippen LogP) is 3.39. The molecule has 0 radical (unpaired) electrons. The Hall–Kier alpha value is -2.73. The summed E-state index contributed by atoms with van der Waals surface area (Å²) in [5.74, 6) is -0.152. The number of imide groups is 1. The van der Waals surface area contributed by atoms with Crippen LogP contribution >= 0.6 is 0 Å². The van der Waals surface area contributed by atoms with Gasteiger partial charge in [-0.15, -0.1) is 0 Å². The Morgan fingerprint density at radius 1 is 1.03 bits per heavy atom.